The Morgan fingerprint density at radius 1 is 0.849 bits per heavy atom. The summed E-state index contributed by atoms with van der Waals surface area (Å²) in [5.74, 6) is -2.32. The molecule has 0 radical (unpaired) electrons. The zero-order chi connectivity index (χ0) is 37.3. The summed E-state index contributed by atoms with van der Waals surface area (Å²) in [5, 5.41) is 15.0. The number of hydrogen-bond donors (Lipinski definition) is 3. The summed E-state index contributed by atoms with van der Waals surface area (Å²) in [6.45, 7) is 1.56. The molecule has 4 aromatic rings. The maximum Gasteiger partial charge on any atom is 0.408 e. The number of nitrogens with one attached hydrogen (secondary N) is 2. The number of carbonyl (C=O) groups excluding carboxylic acids is 3. The van der Waals surface area contributed by atoms with Gasteiger partial charge in [-0.1, -0.05) is 60.7 Å². The van der Waals surface area contributed by atoms with Crippen LogP contribution in [0.3, 0.4) is 0 Å². The summed E-state index contributed by atoms with van der Waals surface area (Å²) in [5.41, 5.74) is 1.26. The molecule has 3 N–H and O–H groups in total. The summed E-state index contributed by atoms with van der Waals surface area (Å²) >= 11 is 0. The highest BCUT2D eigenvalue weighted by molar-refractivity contribution is 5.93. The van der Waals surface area contributed by atoms with E-state index in [0.717, 1.165) is 30.0 Å². The van der Waals surface area contributed by atoms with E-state index in [9.17, 15) is 29.1 Å². The largest absolute Gasteiger partial charge is 0.477 e. The van der Waals surface area contributed by atoms with Crippen LogP contribution in [0.4, 0.5) is 19.7 Å². The third kappa shape index (κ3) is 9.50. The number of alkyl carbamates (subject to hydrolysis) is 2. The molecule has 1 atom stereocenters. The fraction of sp³-hybridized carbons (Fsp3) is 0.359. The van der Waals surface area contributed by atoms with E-state index in [1.165, 1.54) is 6.20 Å². The molecule has 6 rings (SSSR count). The number of carbonyl (C=O) groups is 4. The predicted octanol–water partition coefficient (Wildman–Crippen LogP) is 5.21. The van der Waals surface area contributed by atoms with Crippen LogP contribution >= 0.6 is 0 Å². The van der Waals surface area contributed by atoms with Gasteiger partial charge < -0.3 is 39.6 Å². The average Bonchev–Trinajstić information content (AvgIpc) is 4.02. The Morgan fingerprint density at radius 2 is 1.47 bits per heavy atom. The van der Waals surface area contributed by atoms with Gasteiger partial charge in [-0.3, -0.25) is 9.59 Å². The Kier molecular flexibility index (Phi) is 11.9. The van der Waals surface area contributed by atoms with E-state index in [1.807, 2.05) is 60.7 Å². The van der Waals surface area contributed by atoms with Crippen LogP contribution in [0.25, 0.3) is 10.9 Å². The molecule has 2 heterocycles. The van der Waals surface area contributed by atoms with Crippen molar-refractivity contribution in [3.05, 3.63) is 112 Å². The first-order valence-electron chi connectivity index (χ1n) is 17.7. The van der Waals surface area contributed by atoms with Gasteiger partial charge in [-0.15, -0.1) is 0 Å². The summed E-state index contributed by atoms with van der Waals surface area (Å²) in [6.07, 6.45) is 3.04. The molecular weight excluding hydrogens is 685 g/mol. The van der Waals surface area contributed by atoms with Crippen LogP contribution in [0.5, 0.6) is 0 Å². The lowest BCUT2D eigenvalue weighted by Gasteiger charge is -2.38. The quantitative estimate of drug-likeness (QED) is 0.148. The first-order valence-corrected chi connectivity index (χ1v) is 17.7. The Hall–Kier alpha value is -5.92. The fourth-order valence-corrected chi connectivity index (χ4v) is 6.40. The zero-order valence-electron chi connectivity index (χ0n) is 29.2. The number of piperazine rings is 1. The number of aromatic carboxylic acids is 1. The number of pyridine rings is 1. The minimum absolute atomic E-state index is 0.0132. The number of ether oxygens (including phenoxy) is 2. The van der Waals surface area contributed by atoms with Crippen molar-refractivity contribution in [1.29, 1.82) is 0 Å². The van der Waals surface area contributed by atoms with Crippen molar-refractivity contribution >= 4 is 40.7 Å². The summed E-state index contributed by atoms with van der Waals surface area (Å²) in [6, 6.07) is 20.3. The van der Waals surface area contributed by atoms with Gasteiger partial charge in [-0.25, -0.2) is 18.8 Å². The molecule has 1 aliphatic heterocycles. The first kappa shape index (κ1) is 36.9. The molecule has 2 aliphatic rings. The van der Waals surface area contributed by atoms with Gasteiger partial charge in [0.25, 0.3) is 0 Å². The number of rotatable bonds is 14. The van der Waals surface area contributed by atoms with Crippen molar-refractivity contribution in [3.8, 4) is 0 Å². The highest BCUT2D eigenvalue weighted by Gasteiger charge is 2.31. The number of benzene rings is 3. The van der Waals surface area contributed by atoms with Gasteiger partial charge in [0.2, 0.25) is 11.3 Å². The van der Waals surface area contributed by atoms with Crippen LogP contribution in [0.15, 0.2) is 83.8 Å². The first-order chi connectivity index (χ1) is 25.7. The molecule has 1 aliphatic carbocycles. The number of anilines is 1. The summed E-state index contributed by atoms with van der Waals surface area (Å²) in [7, 11) is 0. The van der Waals surface area contributed by atoms with Crippen LogP contribution in [-0.2, 0) is 27.5 Å². The van der Waals surface area contributed by atoms with E-state index in [-0.39, 0.29) is 68.8 Å². The van der Waals surface area contributed by atoms with Gasteiger partial charge in [0.15, 0.2) is 0 Å². The Labute approximate surface area is 305 Å². The molecule has 278 valence electrons. The van der Waals surface area contributed by atoms with Crippen LogP contribution in [0, 0.1) is 5.82 Å². The van der Waals surface area contributed by atoms with Crippen molar-refractivity contribution in [1.82, 2.24) is 20.1 Å². The monoisotopic (exact) mass is 727 g/mol. The molecule has 1 saturated carbocycles. The van der Waals surface area contributed by atoms with Gasteiger partial charge in [0.1, 0.15) is 30.6 Å². The smallest absolute Gasteiger partial charge is 0.408 e. The zero-order valence-corrected chi connectivity index (χ0v) is 29.2. The molecule has 14 heteroatoms. The molecule has 0 bridgehead atoms. The molecule has 53 heavy (non-hydrogen) atoms. The third-order valence-electron chi connectivity index (χ3n) is 9.41. The molecular formula is C39H42FN5O8. The van der Waals surface area contributed by atoms with Crippen molar-refractivity contribution in [3.63, 3.8) is 0 Å². The second kappa shape index (κ2) is 17.1. The van der Waals surface area contributed by atoms with Gasteiger partial charge in [0, 0.05) is 50.3 Å². The third-order valence-corrected chi connectivity index (χ3v) is 9.41. The van der Waals surface area contributed by atoms with E-state index in [0.29, 0.717) is 24.9 Å². The van der Waals surface area contributed by atoms with Crippen molar-refractivity contribution in [2.24, 2.45) is 0 Å². The number of carboxylic acids is 1. The fourth-order valence-electron chi connectivity index (χ4n) is 6.40. The van der Waals surface area contributed by atoms with E-state index >= 15 is 4.39 Å². The highest BCUT2D eigenvalue weighted by Crippen LogP contribution is 2.38. The van der Waals surface area contributed by atoms with Crippen LogP contribution < -0.4 is 21.0 Å². The Balaban J connectivity index is 1.07. The molecule has 13 nitrogen and oxygen atoms in total. The van der Waals surface area contributed by atoms with Crippen molar-refractivity contribution in [2.75, 3.05) is 37.6 Å². The lowest BCUT2D eigenvalue weighted by atomic mass is 10.1. The number of carboxylic acid groups (broad SMARTS) is 1. The minimum Gasteiger partial charge on any atom is -0.477 e. The SMILES string of the molecule is O=C(NCCCC[C@H](NC(=O)OCc1ccccc1)C(=O)N1CCN(c2cc3c(cc2F)c(=O)c(C(=O)O)cn3C2CC2)CC1)OCc1ccccc1. The topological polar surface area (TPSA) is 160 Å². The van der Waals surface area contributed by atoms with Gasteiger partial charge in [-0.05, 0) is 55.4 Å². The maximum absolute atomic E-state index is 15.5. The van der Waals surface area contributed by atoms with Crippen LogP contribution in [-0.4, -0.2) is 77.4 Å². The normalized spacial score (nSPS) is 14.7. The average molecular weight is 728 g/mol. The second-order valence-corrected chi connectivity index (χ2v) is 13.2. The minimum atomic E-state index is -1.36. The second-order valence-electron chi connectivity index (χ2n) is 13.2. The molecule has 0 unspecified atom stereocenters. The molecule has 1 aromatic heterocycles. The Bertz CT molecular complexity index is 2000. The van der Waals surface area contributed by atoms with Crippen LogP contribution in [0.1, 0.15) is 59.6 Å². The highest BCUT2D eigenvalue weighted by atomic mass is 19.1. The molecule has 0 spiro atoms. The maximum atomic E-state index is 15.5. The number of unbranched alkanes of at least 4 members (excludes halogenated alkanes) is 1. The van der Waals surface area contributed by atoms with Gasteiger partial charge in [-0.2, -0.15) is 0 Å². The van der Waals surface area contributed by atoms with E-state index < -0.39 is 41.0 Å². The summed E-state index contributed by atoms with van der Waals surface area (Å²) in [4.78, 5) is 66.9. The predicted molar refractivity (Wildman–Crippen MR) is 194 cm³/mol. The number of hydrogen-bond acceptors (Lipinski definition) is 8. The Morgan fingerprint density at radius 3 is 2.08 bits per heavy atom. The van der Waals surface area contributed by atoms with Crippen molar-refractivity contribution in [2.45, 2.75) is 57.4 Å². The molecule has 3 aromatic carbocycles. The van der Waals surface area contributed by atoms with Crippen molar-refractivity contribution < 1.29 is 38.1 Å². The summed E-state index contributed by atoms with van der Waals surface area (Å²) < 4.78 is 27.9. The number of fused-ring (bicyclic) bond motifs is 1. The number of amides is 3. The van der Waals surface area contributed by atoms with E-state index in [2.05, 4.69) is 10.6 Å². The van der Waals surface area contributed by atoms with Gasteiger partial charge >= 0.3 is 18.2 Å². The van der Waals surface area contributed by atoms with E-state index in [1.54, 1.807) is 20.4 Å². The number of nitrogens with zero attached hydrogens (tertiary/aromatic N) is 3. The number of aromatic nitrogens is 1. The molecule has 3 amide bonds. The number of halogens is 1. The standard InChI is InChI=1S/C39H42FN5O8/c40-31-21-29-33(45(28-14-15-28)23-30(35(29)46)37(48)49)22-34(31)43-17-19-44(20-18-43)36(47)32(42-39(51)53-25-27-11-5-2-6-12-27)13-7-8-16-41-38(50)52-24-26-9-3-1-4-10-26/h1-6,9-12,21-23,28,32H,7-8,13-20,24-25H2,(H,41,50)(H,42,51)(H,48,49)/t32-/m0/s1. The van der Waals surface area contributed by atoms with Crippen LogP contribution in [0.2, 0.25) is 0 Å². The van der Waals surface area contributed by atoms with E-state index in [4.69, 9.17) is 9.47 Å². The lowest BCUT2D eigenvalue weighted by Crippen LogP contribution is -2.55. The van der Waals surface area contributed by atoms with Gasteiger partial charge in [0.05, 0.1) is 11.2 Å². The lowest BCUT2D eigenvalue weighted by molar-refractivity contribution is -0.133. The molecule has 2 fully saturated rings. The molecule has 1 saturated heterocycles.